The fourth-order valence-electron chi connectivity index (χ4n) is 6.82. The molecular weight excluding hydrogens is 1110 g/mol. The van der Waals surface area contributed by atoms with E-state index in [0.717, 1.165) is 57.3 Å². The van der Waals surface area contributed by atoms with Gasteiger partial charge in [-0.15, -0.1) is 5.10 Å². The molecule has 2 saturated heterocycles. The van der Waals surface area contributed by atoms with Crippen LogP contribution in [-0.2, 0) is 92.7 Å². The standard InChI is InChI=1S/C32H52N13O24P5/c1-9-44(25-19(35-2)27(49)39-31(33)37-25)30-24(56-3)22(47)17(66-30)14-64-73(54,60-7)69-74(55,61-8)67-70(51,57-4)18-12-43(42-41-18)10-11-62-71(52,58-5)68-72(53,59-6)63-13-16-21(46)23(48)29(65-16)45-15-36-20-26(45)38-32(34)40-28(20)50/h9,12,15-17,21-24,29-30,35,46-48H,1,10-11,13-14H2,2-8H3,(H3,33,37,39,49)(H3,34,38,40,50)/t16-,17-,21?,22?,23?,24?,29-,30-,70?,71?,72?,73?,74?/m1/s1. The second kappa shape index (κ2) is 24.0. The highest BCUT2D eigenvalue weighted by molar-refractivity contribution is 7.72. The number of aliphatic hydroxyl groups is 3. The Kier molecular flexibility index (Phi) is 19.1. The Morgan fingerprint density at radius 3 is 1.96 bits per heavy atom. The van der Waals surface area contributed by atoms with E-state index in [9.17, 15) is 47.7 Å². The maximum atomic E-state index is 14.0. The average Bonchev–Trinajstić information content (AvgIpc) is 4.15. The number of rotatable bonds is 28. The molecule has 2 fully saturated rings. The zero-order valence-corrected chi connectivity index (χ0v) is 44.2. The molecule has 0 aromatic carbocycles. The van der Waals surface area contributed by atoms with Crippen molar-refractivity contribution < 1.29 is 101 Å². The van der Waals surface area contributed by atoms with Gasteiger partial charge in [0.05, 0.1) is 38.9 Å². The van der Waals surface area contributed by atoms with Crippen LogP contribution in [0.5, 0.6) is 0 Å². The highest BCUT2D eigenvalue weighted by Gasteiger charge is 2.52. The molecule has 37 nitrogen and oxygen atoms in total. The largest absolute Gasteiger partial charge is 0.491 e. The number of phosphoric acid groups is 4. The van der Waals surface area contributed by atoms with Crippen LogP contribution in [0, 0.1) is 0 Å². The molecule has 42 heteroatoms. The zero-order valence-electron chi connectivity index (χ0n) is 39.8. The molecule has 0 radical (unpaired) electrons. The first-order valence-corrected chi connectivity index (χ1v) is 28.1. The molecule has 0 saturated carbocycles. The highest BCUT2D eigenvalue weighted by atomic mass is 31.3. The molecule has 13 atom stereocenters. The fourth-order valence-corrected chi connectivity index (χ4v) is 14.6. The van der Waals surface area contributed by atoms with Gasteiger partial charge in [0, 0.05) is 55.9 Å². The highest BCUT2D eigenvalue weighted by Crippen LogP contribution is 2.72. The normalized spacial score (nSPS) is 26.2. The summed E-state index contributed by atoms with van der Waals surface area (Å²) in [7, 11) is -18.3. The molecule has 74 heavy (non-hydrogen) atoms. The van der Waals surface area contributed by atoms with Gasteiger partial charge in [-0.1, -0.05) is 11.8 Å². The van der Waals surface area contributed by atoms with Crippen molar-refractivity contribution in [3.8, 4) is 0 Å². The number of nitrogens with zero attached hydrogens (tertiary/aromatic N) is 8. The predicted octanol–water partition coefficient (Wildman–Crippen LogP) is -0.347. The molecule has 4 aromatic rings. The van der Waals surface area contributed by atoms with Gasteiger partial charge in [-0.05, 0) is 0 Å². The number of aromatic nitrogens is 9. The summed E-state index contributed by atoms with van der Waals surface area (Å²) < 4.78 is 143. The van der Waals surface area contributed by atoms with Crippen LogP contribution in [-0.4, -0.2) is 172 Å². The van der Waals surface area contributed by atoms with Gasteiger partial charge in [-0.2, -0.15) is 18.6 Å². The second-order valence-corrected chi connectivity index (χ2v) is 24.4. The van der Waals surface area contributed by atoms with Crippen molar-refractivity contribution in [1.29, 1.82) is 0 Å². The fraction of sp³-hybridized carbons (Fsp3) is 0.594. The lowest BCUT2D eigenvalue weighted by Crippen LogP contribution is -2.44. The van der Waals surface area contributed by atoms with Crippen molar-refractivity contribution in [2.24, 2.45) is 0 Å². The van der Waals surface area contributed by atoms with Crippen molar-refractivity contribution in [2.45, 2.75) is 55.6 Å². The molecular formula is C32H52N13O24P5. The third-order valence-corrected chi connectivity index (χ3v) is 19.8. The maximum Gasteiger partial charge on any atom is 0.491 e. The number of aliphatic hydroxyl groups excluding tert-OH is 3. The number of nitrogen functional groups attached to an aromatic ring is 2. The molecule has 0 bridgehead atoms. The lowest BCUT2D eigenvalue weighted by Gasteiger charge is -2.30. The molecule has 4 aromatic heterocycles. The third-order valence-electron chi connectivity index (χ3n) is 10.4. The quantitative estimate of drug-likeness (QED) is 0.0337. The van der Waals surface area contributed by atoms with Crippen molar-refractivity contribution in [2.75, 3.05) is 91.2 Å². The van der Waals surface area contributed by atoms with Crippen LogP contribution in [0.15, 0.2) is 34.9 Å². The Balaban J connectivity index is 1.05. The Labute approximate surface area is 416 Å². The summed E-state index contributed by atoms with van der Waals surface area (Å²) in [6, 6.07) is 0. The van der Waals surface area contributed by atoms with Crippen LogP contribution in [0.3, 0.4) is 0 Å². The number of methoxy groups -OCH3 is 1. The van der Waals surface area contributed by atoms with E-state index in [4.69, 9.17) is 74.8 Å². The molecule has 9 unspecified atom stereocenters. The average molecular weight is 1160 g/mol. The second-order valence-electron chi connectivity index (χ2n) is 14.8. The van der Waals surface area contributed by atoms with E-state index in [1.807, 2.05) is 0 Å². The summed E-state index contributed by atoms with van der Waals surface area (Å²) in [6.45, 7) is 1.02. The van der Waals surface area contributed by atoms with E-state index in [1.165, 1.54) is 25.3 Å². The lowest BCUT2D eigenvalue weighted by atomic mass is 10.1. The predicted molar refractivity (Wildman–Crippen MR) is 249 cm³/mol. The summed E-state index contributed by atoms with van der Waals surface area (Å²) in [6.07, 6.45) is -8.40. The number of nitrogens with two attached hydrogens (primary N) is 2. The topological polar surface area (TPSA) is 483 Å². The Bertz CT molecular complexity index is 3000. The Hall–Kier alpha value is -4.22. The minimum absolute atomic E-state index is 0.0578. The van der Waals surface area contributed by atoms with Crippen LogP contribution < -0.4 is 38.2 Å². The number of anilines is 4. The summed E-state index contributed by atoms with van der Waals surface area (Å²) in [4.78, 5) is 42.7. The van der Waals surface area contributed by atoms with E-state index >= 15 is 0 Å². The number of hydrogen-bond donors (Lipinski definition) is 8. The number of phosphoric ester groups is 3. The van der Waals surface area contributed by atoms with Gasteiger partial charge in [-0.3, -0.25) is 60.4 Å². The molecule has 2 aliphatic heterocycles. The number of ether oxygens (including phenoxy) is 3. The van der Waals surface area contributed by atoms with E-state index in [0.29, 0.717) is 0 Å². The van der Waals surface area contributed by atoms with Gasteiger partial charge < -0.3 is 55.7 Å². The molecule has 2 aliphatic rings. The molecule has 10 N–H and O–H groups in total. The number of hydrogen-bond acceptors (Lipinski definition) is 33. The van der Waals surface area contributed by atoms with Crippen molar-refractivity contribution >= 4 is 78.9 Å². The number of fused-ring (bicyclic) bond motifs is 1. The van der Waals surface area contributed by atoms with E-state index in [-0.39, 0.29) is 34.6 Å². The van der Waals surface area contributed by atoms with Gasteiger partial charge in [0.25, 0.3) is 11.1 Å². The molecule has 6 heterocycles. The van der Waals surface area contributed by atoms with Gasteiger partial charge >= 0.3 is 38.9 Å². The van der Waals surface area contributed by atoms with Gasteiger partial charge in [0.15, 0.2) is 34.9 Å². The van der Waals surface area contributed by atoms with Crippen LogP contribution in [0.2, 0.25) is 0 Å². The zero-order chi connectivity index (χ0) is 54.6. The Morgan fingerprint density at radius 2 is 1.38 bits per heavy atom. The van der Waals surface area contributed by atoms with Crippen LogP contribution >= 0.6 is 38.9 Å². The summed E-state index contributed by atoms with van der Waals surface area (Å²) in [5.41, 5.74) is 9.11. The molecule has 0 amide bonds. The smallest absolute Gasteiger partial charge is 0.387 e. The molecule has 6 rings (SSSR count). The van der Waals surface area contributed by atoms with Crippen LogP contribution in [0.25, 0.3) is 11.2 Å². The summed E-state index contributed by atoms with van der Waals surface area (Å²) in [5, 5.41) is 42.7. The van der Waals surface area contributed by atoms with Gasteiger partial charge in [0.1, 0.15) is 42.3 Å². The van der Waals surface area contributed by atoms with Gasteiger partial charge in [-0.25, -0.2) is 32.2 Å². The van der Waals surface area contributed by atoms with Crippen LogP contribution in [0.1, 0.15) is 6.23 Å². The van der Waals surface area contributed by atoms with E-state index in [1.54, 1.807) is 0 Å². The SMILES string of the molecule is C=CN(c1nc(N)[nH]c(=O)c1NC)[C@@H]1O[C@H](COP(=O)(OC)OP(=O)(OC)OP(=O)(OC)c2cn(CCOP(=O)(OC)OP(=O)(OC)OC[C@H]3O[C@@H](n4cnc5c(=O)[nH]c(N)nc54)C(O)C3O)nn2)C(O)C1OC. The molecule has 0 aliphatic carbocycles. The third kappa shape index (κ3) is 12.8. The number of imidazole rings is 1. The van der Waals surface area contributed by atoms with E-state index in [2.05, 4.69) is 47.1 Å². The summed E-state index contributed by atoms with van der Waals surface area (Å²) >= 11 is 0. The molecule has 0 spiro atoms. The first kappa shape index (κ1) is 59.0. The van der Waals surface area contributed by atoms with E-state index < -0.39 is 131 Å². The summed E-state index contributed by atoms with van der Waals surface area (Å²) in [5.74, 6) is -0.609. The first-order valence-electron chi connectivity index (χ1n) is 20.8. The minimum Gasteiger partial charge on any atom is -0.387 e. The van der Waals surface area contributed by atoms with Crippen LogP contribution in [0.4, 0.5) is 23.4 Å². The molecule has 414 valence electrons. The number of aromatic amines is 2. The Morgan fingerprint density at radius 1 is 0.797 bits per heavy atom. The van der Waals surface area contributed by atoms with Crippen molar-refractivity contribution in [3.63, 3.8) is 0 Å². The minimum atomic E-state index is -5.32. The van der Waals surface area contributed by atoms with Gasteiger partial charge in [0.2, 0.25) is 11.9 Å². The maximum absolute atomic E-state index is 14.0. The van der Waals surface area contributed by atoms with Crippen molar-refractivity contribution in [1.82, 2.24) is 44.5 Å². The first-order chi connectivity index (χ1) is 34.9. The van der Waals surface area contributed by atoms with Crippen molar-refractivity contribution in [3.05, 3.63) is 46.0 Å². The monoisotopic (exact) mass is 1160 g/mol. The number of nitrogens with one attached hydrogen (secondary N) is 3. The number of H-pyrrole nitrogens is 2. The lowest BCUT2D eigenvalue weighted by molar-refractivity contribution is -0.0509.